The number of halogens is 2. The summed E-state index contributed by atoms with van der Waals surface area (Å²) in [5.41, 5.74) is 17.0. The highest BCUT2D eigenvalue weighted by molar-refractivity contribution is 6.30. The first kappa shape index (κ1) is 21.3. The fourth-order valence-electron chi connectivity index (χ4n) is 3.52. The number of rotatable bonds is 6. The molecule has 2 unspecified atom stereocenters. The molecule has 0 bridgehead atoms. The highest BCUT2D eigenvalue weighted by Crippen LogP contribution is 2.37. The Bertz CT molecular complexity index is 1070. The lowest BCUT2D eigenvalue weighted by atomic mass is 9.97. The third kappa shape index (κ3) is 5.20. The van der Waals surface area contributed by atoms with E-state index in [2.05, 4.69) is 0 Å². The van der Waals surface area contributed by atoms with Crippen LogP contribution in [0.4, 0.5) is 11.4 Å². The van der Waals surface area contributed by atoms with Crippen LogP contribution >= 0.6 is 23.2 Å². The Labute approximate surface area is 192 Å². The summed E-state index contributed by atoms with van der Waals surface area (Å²) in [6.07, 6.45) is -0.748. The van der Waals surface area contributed by atoms with Crippen LogP contribution in [0.5, 0.6) is 0 Å². The molecule has 0 aliphatic heterocycles. The molecule has 0 fully saturated rings. The van der Waals surface area contributed by atoms with Crippen LogP contribution < -0.4 is 11.5 Å². The summed E-state index contributed by atoms with van der Waals surface area (Å²) < 4.78 is 6.79. The molecule has 5 heteroatoms. The van der Waals surface area contributed by atoms with Crippen molar-refractivity contribution in [2.45, 2.75) is 12.2 Å². The predicted octanol–water partition coefficient (Wildman–Crippen LogP) is 7.05. The van der Waals surface area contributed by atoms with E-state index in [9.17, 15) is 0 Å². The molecule has 4 aromatic rings. The van der Waals surface area contributed by atoms with Crippen molar-refractivity contribution in [2.75, 3.05) is 11.5 Å². The molecule has 0 saturated heterocycles. The number of hydrogen-bond acceptors (Lipinski definition) is 3. The molecule has 0 aliphatic rings. The molecular weight excluding hydrogens is 427 g/mol. The third-order valence-corrected chi connectivity index (χ3v) is 5.52. The number of benzene rings is 4. The van der Waals surface area contributed by atoms with Crippen LogP contribution in [0.15, 0.2) is 97.1 Å². The average Bonchev–Trinajstić information content (AvgIpc) is 2.76. The molecule has 2 atom stereocenters. The maximum Gasteiger partial charge on any atom is 0.109 e. The largest absolute Gasteiger partial charge is 0.399 e. The van der Waals surface area contributed by atoms with Crippen LogP contribution in [-0.2, 0) is 4.74 Å². The highest BCUT2D eigenvalue weighted by atomic mass is 35.5. The quantitative estimate of drug-likeness (QED) is 0.310. The van der Waals surface area contributed by atoms with E-state index in [1.807, 2.05) is 97.1 Å². The summed E-state index contributed by atoms with van der Waals surface area (Å²) in [7, 11) is 0. The Morgan fingerprint density at radius 3 is 1.26 bits per heavy atom. The minimum Gasteiger partial charge on any atom is -0.399 e. The van der Waals surface area contributed by atoms with Crippen LogP contribution in [0.3, 0.4) is 0 Å². The first-order valence-corrected chi connectivity index (χ1v) is 10.6. The van der Waals surface area contributed by atoms with Crippen molar-refractivity contribution >= 4 is 34.6 Å². The SMILES string of the molecule is Nc1ccc(C(OC(c2ccc(N)cc2)c2cccc(Cl)c2)c2cccc(Cl)c2)cc1. The van der Waals surface area contributed by atoms with Crippen LogP contribution in [0.2, 0.25) is 10.0 Å². The summed E-state index contributed by atoms with van der Waals surface area (Å²) in [6.45, 7) is 0. The lowest BCUT2D eigenvalue weighted by Gasteiger charge is -2.27. The maximum absolute atomic E-state index is 6.79. The van der Waals surface area contributed by atoms with Gasteiger partial charge in [0.2, 0.25) is 0 Å². The van der Waals surface area contributed by atoms with Crippen molar-refractivity contribution in [1.82, 2.24) is 0 Å². The minimum atomic E-state index is -0.374. The van der Waals surface area contributed by atoms with Gasteiger partial charge in [-0.05, 0) is 70.8 Å². The molecule has 0 aliphatic carbocycles. The summed E-state index contributed by atoms with van der Waals surface area (Å²) in [4.78, 5) is 0. The van der Waals surface area contributed by atoms with Crippen LogP contribution in [-0.4, -0.2) is 0 Å². The van der Waals surface area contributed by atoms with Gasteiger partial charge in [0, 0.05) is 21.4 Å². The molecule has 3 nitrogen and oxygen atoms in total. The molecule has 4 N–H and O–H groups in total. The van der Waals surface area contributed by atoms with Crippen LogP contribution in [0, 0.1) is 0 Å². The van der Waals surface area contributed by atoms with Gasteiger partial charge in [0.1, 0.15) is 12.2 Å². The van der Waals surface area contributed by atoms with Gasteiger partial charge in [-0.3, -0.25) is 0 Å². The van der Waals surface area contributed by atoms with E-state index in [1.54, 1.807) is 0 Å². The molecule has 0 heterocycles. The molecule has 156 valence electrons. The third-order valence-electron chi connectivity index (χ3n) is 5.05. The second kappa shape index (κ2) is 9.44. The molecule has 4 rings (SSSR count). The standard InChI is InChI=1S/C26H22Cl2N2O/c27-21-5-1-3-19(15-21)25(17-7-11-23(29)12-8-17)31-26(18-9-13-24(30)14-10-18)20-4-2-6-22(28)16-20/h1-16,25-26H,29-30H2. The van der Waals surface area contributed by atoms with E-state index in [4.69, 9.17) is 39.4 Å². The van der Waals surface area contributed by atoms with Crippen LogP contribution in [0.1, 0.15) is 34.5 Å². The molecule has 0 amide bonds. The van der Waals surface area contributed by atoms with Gasteiger partial charge in [-0.15, -0.1) is 0 Å². The van der Waals surface area contributed by atoms with E-state index < -0.39 is 0 Å². The van der Waals surface area contributed by atoms with Gasteiger partial charge >= 0.3 is 0 Å². The van der Waals surface area contributed by atoms with Gasteiger partial charge in [0.05, 0.1) is 0 Å². The molecule has 0 radical (unpaired) electrons. The second-order valence-electron chi connectivity index (χ2n) is 7.34. The number of nitrogens with two attached hydrogens (primary N) is 2. The lowest BCUT2D eigenvalue weighted by molar-refractivity contribution is 0.0309. The van der Waals surface area contributed by atoms with Gasteiger partial charge < -0.3 is 16.2 Å². The fraction of sp³-hybridized carbons (Fsp3) is 0.0769. The van der Waals surface area contributed by atoms with E-state index in [1.165, 1.54) is 0 Å². The van der Waals surface area contributed by atoms with E-state index in [0.29, 0.717) is 21.4 Å². The first-order valence-electron chi connectivity index (χ1n) is 9.87. The zero-order valence-corrected chi connectivity index (χ0v) is 18.2. The van der Waals surface area contributed by atoms with Crippen molar-refractivity contribution in [3.05, 3.63) is 129 Å². The summed E-state index contributed by atoms with van der Waals surface area (Å²) in [5, 5.41) is 1.29. The van der Waals surface area contributed by atoms with Gasteiger partial charge in [-0.2, -0.15) is 0 Å². The summed E-state index contributed by atoms with van der Waals surface area (Å²) in [6, 6.07) is 30.7. The van der Waals surface area contributed by atoms with Gasteiger partial charge in [-0.1, -0.05) is 71.7 Å². The number of anilines is 2. The zero-order valence-electron chi connectivity index (χ0n) is 16.7. The average molecular weight is 449 g/mol. The summed E-state index contributed by atoms with van der Waals surface area (Å²) in [5.74, 6) is 0. The number of hydrogen-bond donors (Lipinski definition) is 2. The summed E-state index contributed by atoms with van der Waals surface area (Å²) >= 11 is 12.6. The van der Waals surface area contributed by atoms with Crippen molar-refractivity contribution in [3.8, 4) is 0 Å². The predicted molar refractivity (Wildman–Crippen MR) is 129 cm³/mol. The molecule has 0 saturated carbocycles. The molecular formula is C26H22Cl2N2O. The number of nitrogen functional groups attached to an aromatic ring is 2. The monoisotopic (exact) mass is 448 g/mol. The molecule has 31 heavy (non-hydrogen) atoms. The van der Waals surface area contributed by atoms with E-state index in [0.717, 1.165) is 22.3 Å². The van der Waals surface area contributed by atoms with Crippen molar-refractivity contribution in [1.29, 1.82) is 0 Å². The Balaban J connectivity index is 1.81. The van der Waals surface area contributed by atoms with E-state index in [-0.39, 0.29) is 12.2 Å². The molecule has 0 aromatic heterocycles. The van der Waals surface area contributed by atoms with Crippen molar-refractivity contribution in [2.24, 2.45) is 0 Å². The van der Waals surface area contributed by atoms with E-state index >= 15 is 0 Å². The zero-order chi connectivity index (χ0) is 21.8. The number of ether oxygens (including phenoxy) is 1. The van der Waals surface area contributed by atoms with Crippen molar-refractivity contribution in [3.63, 3.8) is 0 Å². The fourth-order valence-corrected chi connectivity index (χ4v) is 3.91. The minimum absolute atomic E-state index is 0.374. The van der Waals surface area contributed by atoms with Gasteiger partial charge in [0.15, 0.2) is 0 Å². The topological polar surface area (TPSA) is 61.3 Å². The Morgan fingerprint density at radius 2 is 0.903 bits per heavy atom. The van der Waals surface area contributed by atoms with Gasteiger partial charge in [-0.25, -0.2) is 0 Å². The molecule has 0 spiro atoms. The maximum atomic E-state index is 6.79. The first-order chi connectivity index (χ1) is 15.0. The lowest BCUT2D eigenvalue weighted by Crippen LogP contribution is -2.13. The smallest absolute Gasteiger partial charge is 0.109 e. The Kier molecular flexibility index (Phi) is 6.47. The highest BCUT2D eigenvalue weighted by Gasteiger charge is 2.24. The second-order valence-corrected chi connectivity index (χ2v) is 8.21. The van der Waals surface area contributed by atoms with Crippen molar-refractivity contribution < 1.29 is 4.74 Å². The van der Waals surface area contributed by atoms with Gasteiger partial charge in [0.25, 0.3) is 0 Å². The Hall–Kier alpha value is -2.98. The normalized spacial score (nSPS) is 13.0. The molecule has 4 aromatic carbocycles. The Morgan fingerprint density at radius 1 is 0.516 bits per heavy atom. The van der Waals surface area contributed by atoms with Crippen LogP contribution in [0.25, 0.3) is 0 Å².